The molecule has 0 radical (unpaired) electrons. The van der Waals surface area contributed by atoms with E-state index in [-0.39, 0.29) is 5.41 Å². The van der Waals surface area contributed by atoms with E-state index in [2.05, 4.69) is 67.2 Å². The predicted octanol–water partition coefficient (Wildman–Crippen LogP) is 6.61. The van der Waals surface area contributed by atoms with E-state index in [1.54, 1.807) is 11.3 Å². The Kier molecular flexibility index (Phi) is 5.98. The summed E-state index contributed by atoms with van der Waals surface area (Å²) < 4.78 is 7.33. The van der Waals surface area contributed by atoms with Gasteiger partial charge < -0.3 is 15.0 Å². The highest BCUT2D eigenvalue weighted by Crippen LogP contribution is 2.36. The average Bonchev–Trinajstić information content (AvgIpc) is 3.15. The molecule has 0 amide bonds. The number of rotatable bonds is 3. The maximum absolute atomic E-state index is 6.20. The van der Waals surface area contributed by atoms with Crippen LogP contribution in [0.3, 0.4) is 0 Å². The molecule has 1 aromatic heterocycles. The first-order valence-corrected chi connectivity index (χ1v) is 11.8. The minimum absolute atomic E-state index is 0.0402. The van der Waals surface area contributed by atoms with E-state index < -0.39 is 0 Å². The van der Waals surface area contributed by atoms with Crippen molar-refractivity contribution in [1.82, 2.24) is 4.98 Å². The van der Waals surface area contributed by atoms with E-state index in [1.807, 2.05) is 17.6 Å². The number of anilines is 2. The van der Waals surface area contributed by atoms with Crippen LogP contribution in [0, 0.1) is 5.92 Å². The number of thiocarbonyl (C=S) groups is 1. The summed E-state index contributed by atoms with van der Waals surface area (Å²) in [5.74, 6) is 1.63. The Bertz CT molecular complexity index is 1050. The third-order valence-corrected chi connectivity index (χ3v) is 6.68. The van der Waals surface area contributed by atoms with E-state index in [0.717, 1.165) is 46.2 Å². The number of hydrogen-bond acceptors (Lipinski definition) is 5. The Balaban J connectivity index is 1.55. The van der Waals surface area contributed by atoms with Crippen molar-refractivity contribution in [2.75, 3.05) is 23.3 Å². The standard InChI is InChI=1S/C24H29N3OS2/c1-16-9-11-27(12-10-16)18-6-7-19(24(2,3)4)21(14-18)28-23(29)26-17-5-8-20-22(13-17)30-15-25-20/h5-8,13-16H,9-12H2,1-4H3,(H,26,29). The molecule has 1 saturated heterocycles. The van der Waals surface area contributed by atoms with Gasteiger partial charge in [-0.15, -0.1) is 11.3 Å². The van der Waals surface area contributed by atoms with Crippen molar-refractivity contribution in [2.45, 2.75) is 46.0 Å². The lowest BCUT2D eigenvalue weighted by Crippen LogP contribution is -2.33. The molecule has 1 aliphatic heterocycles. The first-order chi connectivity index (χ1) is 14.3. The van der Waals surface area contributed by atoms with Crippen LogP contribution in [0.1, 0.15) is 46.1 Å². The summed E-state index contributed by atoms with van der Waals surface area (Å²) in [6, 6.07) is 12.6. The molecule has 1 N–H and O–H groups in total. The van der Waals surface area contributed by atoms with Gasteiger partial charge in [-0.3, -0.25) is 0 Å². The van der Waals surface area contributed by atoms with Gasteiger partial charge in [-0.25, -0.2) is 4.98 Å². The summed E-state index contributed by atoms with van der Waals surface area (Å²) in [6.45, 7) is 11.1. The lowest BCUT2D eigenvalue weighted by Gasteiger charge is -2.33. The topological polar surface area (TPSA) is 37.4 Å². The summed E-state index contributed by atoms with van der Waals surface area (Å²) in [7, 11) is 0. The molecule has 4 rings (SSSR count). The van der Waals surface area contributed by atoms with Crippen molar-refractivity contribution in [1.29, 1.82) is 0 Å². The highest BCUT2D eigenvalue weighted by Gasteiger charge is 2.23. The van der Waals surface area contributed by atoms with Gasteiger partial charge in [0, 0.05) is 36.1 Å². The molecule has 0 bridgehead atoms. The van der Waals surface area contributed by atoms with Crippen molar-refractivity contribution < 1.29 is 4.74 Å². The van der Waals surface area contributed by atoms with Gasteiger partial charge in [0.05, 0.1) is 15.7 Å². The molecular formula is C24H29N3OS2. The van der Waals surface area contributed by atoms with Crippen molar-refractivity contribution in [2.24, 2.45) is 5.92 Å². The molecule has 4 nitrogen and oxygen atoms in total. The predicted molar refractivity (Wildman–Crippen MR) is 132 cm³/mol. The Labute approximate surface area is 188 Å². The lowest BCUT2D eigenvalue weighted by atomic mass is 9.86. The van der Waals surface area contributed by atoms with Crippen LogP contribution in [0.5, 0.6) is 5.75 Å². The normalized spacial score (nSPS) is 15.4. The maximum Gasteiger partial charge on any atom is 0.266 e. The van der Waals surface area contributed by atoms with Crippen LogP contribution in [0.25, 0.3) is 10.2 Å². The van der Waals surface area contributed by atoms with E-state index in [1.165, 1.54) is 18.5 Å². The third-order valence-electron chi connectivity index (χ3n) is 5.70. The SMILES string of the molecule is CC1CCN(c2ccc(C(C)(C)C)c(OC(=S)Nc3ccc4ncsc4c3)c2)CC1. The third kappa shape index (κ3) is 4.76. The first kappa shape index (κ1) is 21.1. The van der Waals surface area contributed by atoms with Gasteiger partial charge in [-0.2, -0.15) is 0 Å². The van der Waals surface area contributed by atoms with Crippen LogP contribution in [-0.2, 0) is 5.41 Å². The van der Waals surface area contributed by atoms with Gasteiger partial charge in [-0.05, 0) is 60.7 Å². The summed E-state index contributed by atoms with van der Waals surface area (Å²) in [6.07, 6.45) is 2.47. The number of ether oxygens (including phenoxy) is 1. The number of piperidine rings is 1. The molecule has 158 valence electrons. The minimum Gasteiger partial charge on any atom is -0.431 e. The highest BCUT2D eigenvalue weighted by atomic mass is 32.1. The van der Waals surface area contributed by atoms with E-state index >= 15 is 0 Å². The average molecular weight is 440 g/mol. The molecule has 6 heteroatoms. The molecule has 1 fully saturated rings. The second-order valence-corrected chi connectivity index (χ2v) is 10.4. The number of nitrogens with zero attached hydrogens (tertiary/aromatic N) is 2. The number of hydrogen-bond donors (Lipinski definition) is 1. The summed E-state index contributed by atoms with van der Waals surface area (Å²) in [5, 5.41) is 3.59. The zero-order chi connectivity index (χ0) is 21.3. The van der Waals surface area contributed by atoms with Crippen LogP contribution < -0.4 is 15.0 Å². The zero-order valence-electron chi connectivity index (χ0n) is 18.1. The van der Waals surface area contributed by atoms with Gasteiger partial charge in [0.15, 0.2) is 0 Å². The van der Waals surface area contributed by atoms with Gasteiger partial charge >= 0.3 is 0 Å². The fraction of sp³-hybridized carbons (Fsp3) is 0.417. The molecule has 2 heterocycles. The van der Waals surface area contributed by atoms with Crippen LogP contribution in [0.4, 0.5) is 11.4 Å². The van der Waals surface area contributed by atoms with E-state index in [9.17, 15) is 0 Å². The monoisotopic (exact) mass is 439 g/mol. The molecule has 1 aliphatic rings. The van der Waals surface area contributed by atoms with Crippen LogP contribution >= 0.6 is 23.6 Å². The van der Waals surface area contributed by atoms with Crippen LogP contribution in [0.15, 0.2) is 41.9 Å². The molecule has 0 atom stereocenters. The van der Waals surface area contributed by atoms with Gasteiger partial charge in [-0.1, -0.05) is 33.8 Å². The van der Waals surface area contributed by atoms with Crippen LogP contribution in [0.2, 0.25) is 0 Å². The minimum atomic E-state index is -0.0402. The zero-order valence-corrected chi connectivity index (χ0v) is 19.7. The number of aromatic nitrogens is 1. The Morgan fingerprint density at radius 1 is 1.17 bits per heavy atom. The number of thiazole rings is 1. The van der Waals surface area contributed by atoms with E-state index in [0.29, 0.717) is 5.17 Å². The summed E-state index contributed by atoms with van der Waals surface area (Å²) >= 11 is 7.17. The smallest absolute Gasteiger partial charge is 0.266 e. The van der Waals surface area contributed by atoms with E-state index in [4.69, 9.17) is 17.0 Å². The quantitative estimate of drug-likeness (QED) is 0.465. The largest absolute Gasteiger partial charge is 0.431 e. The van der Waals surface area contributed by atoms with Crippen molar-refractivity contribution in [3.8, 4) is 5.75 Å². The van der Waals surface area contributed by atoms with Crippen molar-refractivity contribution in [3.05, 3.63) is 47.5 Å². The summed E-state index contributed by atoms with van der Waals surface area (Å²) in [5.41, 5.74) is 6.08. The Hall–Kier alpha value is -2.18. The number of fused-ring (bicyclic) bond motifs is 1. The first-order valence-electron chi connectivity index (χ1n) is 10.5. The fourth-order valence-electron chi connectivity index (χ4n) is 3.85. The maximum atomic E-state index is 6.20. The second-order valence-electron chi connectivity index (χ2n) is 9.15. The Morgan fingerprint density at radius 3 is 2.67 bits per heavy atom. The lowest BCUT2D eigenvalue weighted by molar-refractivity contribution is 0.438. The molecule has 0 unspecified atom stereocenters. The molecule has 2 aromatic carbocycles. The van der Waals surface area contributed by atoms with Gasteiger partial charge in [0.2, 0.25) is 0 Å². The second kappa shape index (κ2) is 8.52. The Morgan fingerprint density at radius 2 is 1.93 bits per heavy atom. The fourth-order valence-corrected chi connectivity index (χ4v) is 4.78. The van der Waals surface area contributed by atoms with Crippen molar-refractivity contribution in [3.63, 3.8) is 0 Å². The number of nitrogens with one attached hydrogen (secondary N) is 1. The van der Waals surface area contributed by atoms with Gasteiger partial charge in [0.25, 0.3) is 5.17 Å². The molecule has 0 aliphatic carbocycles. The summed E-state index contributed by atoms with van der Waals surface area (Å²) in [4.78, 5) is 6.78. The van der Waals surface area contributed by atoms with Crippen molar-refractivity contribution >= 4 is 50.3 Å². The number of benzene rings is 2. The van der Waals surface area contributed by atoms with Gasteiger partial charge in [0.1, 0.15) is 5.75 Å². The van der Waals surface area contributed by atoms with Crippen LogP contribution in [-0.4, -0.2) is 23.2 Å². The highest BCUT2D eigenvalue weighted by molar-refractivity contribution is 7.80. The molecule has 0 saturated carbocycles. The molecule has 30 heavy (non-hydrogen) atoms. The molecular weight excluding hydrogens is 410 g/mol. The molecule has 0 spiro atoms. The molecule has 3 aromatic rings.